The van der Waals surface area contributed by atoms with Crippen LogP contribution in [0.5, 0.6) is 0 Å². The van der Waals surface area contributed by atoms with E-state index in [1.807, 2.05) is 12.1 Å². The molecular formula is C20H26N4O. The number of hydrogen-bond acceptors (Lipinski definition) is 3. The molecule has 5 heteroatoms. The van der Waals surface area contributed by atoms with Gasteiger partial charge in [-0.2, -0.15) is 5.10 Å². The number of carbonyl (C=O) groups excluding carboxylic acids is 1. The van der Waals surface area contributed by atoms with Gasteiger partial charge < -0.3 is 4.90 Å². The molecule has 0 unspecified atom stereocenters. The SMILES string of the molecule is O=C([C@@H]1CCCN1Cc1ccccc1)N1CCC[C@H](c2ccn[nH]2)C1. The maximum atomic E-state index is 13.2. The van der Waals surface area contributed by atoms with Gasteiger partial charge in [0.2, 0.25) is 5.91 Å². The molecule has 2 atom stereocenters. The van der Waals surface area contributed by atoms with E-state index in [1.165, 1.54) is 5.56 Å². The van der Waals surface area contributed by atoms with Crippen LogP contribution in [-0.4, -0.2) is 51.6 Å². The van der Waals surface area contributed by atoms with E-state index >= 15 is 0 Å². The zero-order chi connectivity index (χ0) is 17.1. The molecule has 4 rings (SSSR count). The zero-order valence-corrected chi connectivity index (χ0v) is 14.6. The third-order valence-corrected chi connectivity index (χ3v) is 5.57. The Morgan fingerprint density at radius 3 is 2.76 bits per heavy atom. The molecule has 1 aromatic heterocycles. The van der Waals surface area contributed by atoms with Gasteiger partial charge in [-0.25, -0.2) is 0 Å². The van der Waals surface area contributed by atoms with E-state index in [1.54, 1.807) is 6.20 Å². The Morgan fingerprint density at radius 2 is 1.96 bits per heavy atom. The van der Waals surface area contributed by atoms with E-state index in [4.69, 9.17) is 0 Å². The molecule has 2 aliphatic heterocycles. The monoisotopic (exact) mass is 338 g/mol. The van der Waals surface area contributed by atoms with Crippen LogP contribution in [0.1, 0.15) is 42.9 Å². The van der Waals surface area contributed by atoms with Crippen LogP contribution in [0.15, 0.2) is 42.6 Å². The minimum Gasteiger partial charge on any atom is -0.341 e. The largest absolute Gasteiger partial charge is 0.341 e. The molecule has 0 bridgehead atoms. The van der Waals surface area contributed by atoms with E-state index in [9.17, 15) is 4.79 Å². The van der Waals surface area contributed by atoms with E-state index in [-0.39, 0.29) is 6.04 Å². The number of aromatic amines is 1. The van der Waals surface area contributed by atoms with Crippen LogP contribution in [0.2, 0.25) is 0 Å². The molecule has 1 N–H and O–H groups in total. The number of piperidine rings is 1. The number of amides is 1. The molecular weight excluding hydrogens is 312 g/mol. The van der Waals surface area contributed by atoms with Gasteiger partial charge in [-0.1, -0.05) is 30.3 Å². The normalized spacial score (nSPS) is 24.6. The Labute approximate surface area is 149 Å². The molecule has 2 aromatic rings. The summed E-state index contributed by atoms with van der Waals surface area (Å²) in [6.07, 6.45) is 6.10. The quantitative estimate of drug-likeness (QED) is 0.933. The molecule has 0 saturated carbocycles. The Morgan fingerprint density at radius 1 is 1.12 bits per heavy atom. The molecule has 2 aliphatic rings. The maximum absolute atomic E-state index is 13.2. The highest BCUT2D eigenvalue weighted by atomic mass is 16.2. The second-order valence-corrected chi connectivity index (χ2v) is 7.25. The van der Waals surface area contributed by atoms with E-state index in [2.05, 4.69) is 44.3 Å². The van der Waals surface area contributed by atoms with Crippen LogP contribution < -0.4 is 0 Å². The smallest absolute Gasteiger partial charge is 0.239 e. The average molecular weight is 338 g/mol. The van der Waals surface area contributed by atoms with Gasteiger partial charge in [0.25, 0.3) is 0 Å². The van der Waals surface area contributed by atoms with E-state index < -0.39 is 0 Å². The van der Waals surface area contributed by atoms with Crippen LogP contribution in [0.25, 0.3) is 0 Å². The van der Waals surface area contributed by atoms with Gasteiger partial charge >= 0.3 is 0 Å². The maximum Gasteiger partial charge on any atom is 0.239 e. The van der Waals surface area contributed by atoms with Crippen molar-refractivity contribution in [3.63, 3.8) is 0 Å². The fourth-order valence-corrected chi connectivity index (χ4v) is 4.25. The minimum absolute atomic E-state index is 0.0423. The van der Waals surface area contributed by atoms with Crippen molar-refractivity contribution in [1.82, 2.24) is 20.0 Å². The first-order valence-electron chi connectivity index (χ1n) is 9.37. The number of likely N-dealkylation sites (tertiary alicyclic amines) is 2. The average Bonchev–Trinajstić information content (AvgIpc) is 3.34. The summed E-state index contributed by atoms with van der Waals surface area (Å²) < 4.78 is 0. The Kier molecular flexibility index (Phi) is 4.83. The molecule has 0 aliphatic carbocycles. The van der Waals surface area contributed by atoms with Crippen LogP contribution in [-0.2, 0) is 11.3 Å². The van der Waals surface area contributed by atoms with E-state index in [0.29, 0.717) is 11.8 Å². The number of aromatic nitrogens is 2. The van der Waals surface area contributed by atoms with Gasteiger partial charge in [0.1, 0.15) is 0 Å². The molecule has 25 heavy (non-hydrogen) atoms. The van der Waals surface area contributed by atoms with Crippen LogP contribution in [0.3, 0.4) is 0 Å². The van der Waals surface area contributed by atoms with Gasteiger partial charge in [0, 0.05) is 37.4 Å². The van der Waals surface area contributed by atoms with Crippen molar-refractivity contribution in [1.29, 1.82) is 0 Å². The summed E-state index contributed by atoms with van der Waals surface area (Å²) in [4.78, 5) is 17.6. The Bertz CT molecular complexity index is 685. The highest BCUT2D eigenvalue weighted by molar-refractivity contribution is 5.82. The Balaban J connectivity index is 1.42. The first-order valence-corrected chi connectivity index (χ1v) is 9.37. The predicted molar refractivity (Wildman–Crippen MR) is 97.0 cm³/mol. The molecule has 0 radical (unpaired) electrons. The number of nitrogens with one attached hydrogen (secondary N) is 1. The first-order chi connectivity index (χ1) is 12.3. The molecule has 2 fully saturated rings. The van der Waals surface area contributed by atoms with Crippen molar-refractivity contribution >= 4 is 5.91 Å². The first kappa shape index (κ1) is 16.3. The van der Waals surface area contributed by atoms with Gasteiger partial charge in [0.05, 0.1) is 6.04 Å². The van der Waals surface area contributed by atoms with Crippen molar-refractivity contribution in [3.05, 3.63) is 53.9 Å². The summed E-state index contributed by atoms with van der Waals surface area (Å²) >= 11 is 0. The number of hydrogen-bond donors (Lipinski definition) is 1. The van der Waals surface area contributed by atoms with Gasteiger partial charge in [-0.05, 0) is 43.9 Å². The second-order valence-electron chi connectivity index (χ2n) is 7.25. The fourth-order valence-electron chi connectivity index (χ4n) is 4.25. The summed E-state index contributed by atoms with van der Waals surface area (Å²) in [6, 6.07) is 12.6. The number of nitrogens with zero attached hydrogens (tertiary/aromatic N) is 3. The van der Waals surface area contributed by atoms with Crippen LogP contribution >= 0.6 is 0 Å². The summed E-state index contributed by atoms with van der Waals surface area (Å²) in [5, 5.41) is 7.15. The number of benzene rings is 1. The lowest BCUT2D eigenvalue weighted by molar-refractivity contribution is -0.137. The summed E-state index contributed by atoms with van der Waals surface area (Å²) in [7, 11) is 0. The third-order valence-electron chi connectivity index (χ3n) is 5.57. The van der Waals surface area contributed by atoms with Gasteiger partial charge in [-0.3, -0.25) is 14.8 Å². The lowest BCUT2D eigenvalue weighted by Crippen LogP contribution is -2.48. The minimum atomic E-state index is 0.0423. The third kappa shape index (κ3) is 3.61. The molecule has 0 spiro atoms. The van der Waals surface area contributed by atoms with Crippen molar-refractivity contribution in [2.75, 3.05) is 19.6 Å². The Hall–Kier alpha value is -2.14. The summed E-state index contributed by atoms with van der Waals surface area (Å²) in [6.45, 7) is 3.59. The van der Waals surface area contributed by atoms with Gasteiger partial charge in [0.15, 0.2) is 0 Å². The summed E-state index contributed by atoms with van der Waals surface area (Å²) in [5.41, 5.74) is 2.45. The topological polar surface area (TPSA) is 52.2 Å². The molecule has 1 amide bonds. The zero-order valence-electron chi connectivity index (χ0n) is 14.6. The molecule has 1 aromatic carbocycles. The molecule has 3 heterocycles. The van der Waals surface area contributed by atoms with E-state index in [0.717, 1.165) is 57.6 Å². The molecule has 2 saturated heterocycles. The summed E-state index contributed by atoms with van der Waals surface area (Å²) in [5.74, 6) is 0.710. The predicted octanol–water partition coefficient (Wildman–Crippen LogP) is 2.78. The molecule has 5 nitrogen and oxygen atoms in total. The van der Waals surface area contributed by atoms with Crippen molar-refractivity contribution < 1.29 is 4.79 Å². The second kappa shape index (κ2) is 7.40. The molecule has 132 valence electrons. The number of rotatable bonds is 4. The highest BCUT2D eigenvalue weighted by Gasteiger charge is 2.35. The van der Waals surface area contributed by atoms with Crippen LogP contribution in [0, 0.1) is 0 Å². The highest BCUT2D eigenvalue weighted by Crippen LogP contribution is 2.28. The lowest BCUT2D eigenvalue weighted by atomic mass is 9.94. The van der Waals surface area contributed by atoms with Gasteiger partial charge in [-0.15, -0.1) is 0 Å². The fraction of sp³-hybridized carbons (Fsp3) is 0.500. The van der Waals surface area contributed by atoms with Crippen LogP contribution in [0.4, 0.5) is 0 Å². The lowest BCUT2D eigenvalue weighted by Gasteiger charge is -2.36. The standard InChI is InChI=1S/C20H26N4O/c25-20(24-13-4-8-17(15-24)18-10-11-21-22-18)19-9-5-12-23(19)14-16-6-2-1-3-7-16/h1-3,6-7,10-11,17,19H,4-5,8-9,12-15H2,(H,21,22)/t17-,19-/m0/s1. The van der Waals surface area contributed by atoms with Crippen molar-refractivity contribution in [2.24, 2.45) is 0 Å². The number of carbonyl (C=O) groups is 1. The van der Waals surface area contributed by atoms with Crippen molar-refractivity contribution in [3.8, 4) is 0 Å². The number of H-pyrrole nitrogens is 1. The van der Waals surface area contributed by atoms with Crippen molar-refractivity contribution in [2.45, 2.75) is 44.2 Å².